The second-order valence-electron chi connectivity index (χ2n) is 4.56. The average molecular weight is 557 g/mol. The Labute approximate surface area is 164 Å². The third kappa shape index (κ3) is 33.4. The second kappa shape index (κ2) is 20.9. The Hall–Kier alpha value is -2.16. The molecule has 1 aliphatic carbocycles. The van der Waals surface area contributed by atoms with E-state index in [1.54, 1.807) is 0 Å². The number of hydrogen-bond acceptors (Lipinski definition) is 5. The van der Waals surface area contributed by atoms with Crippen LogP contribution in [0.1, 0.15) is 32.6 Å². The maximum Gasteiger partial charge on any atom is 2.00 e. The van der Waals surface area contributed by atoms with Crippen LogP contribution in [0.2, 0.25) is 0 Å². The van der Waals surface area contributed by atoms with Crippen LogP contribution in [0.5, 0.6) is 0 Å². The monoisotopic (exact) mass is 557 g/mol. The molecule has 2 atom stereocenters. The number of carboxylic acids is 4. The first-order chi connectivity index (χ1) is 11.4. The van der Waals surface area contributed by atoms with E-state index < -0.39 is 30.4 Å². The molecule has 13 heteroatoms. The Balaban J connectivity index is -0.000000126. The predicted octanol–water partition coefficient (Wildman–Crippen LogP) is 2.06. The zero-order valence-corrected chi connectivity index (χ0v) is 16.2. The van der Waals surface area contributed by atoms with Gasteiger partial charge in [-0.25, -0.2) is 9.59 Å². The molecule has 0 aromatic rings. The van der Waals surface area contributed by atoms with Gasteiger partial charge < -0.3 is 33.1 Å². The molecular weight excluding hydrogens is 535 g/mol. The molecule has 0 aromatic carbocycles. The van der Waals surface area contributed by atoms with Crippen LogP contribution in [0.15, 0.2) is 5.11 Å². The van der Waals surface area contributed by atoms with Gasteiger partial charge in [-0.1, -0.05) is 30.8 Å². The van der Waals surface area contributed by atoms with Crippen LogP contribution in [0.3, 0.4) is 0 Å². The van der Waals surface area contributed by atoms with Crippen molar-refractivity contribution in [3.63, 3.8) is 0 Å². The molecule has 1 rings (SSSR count). The fraction of sp³-hybridized carbons (Fsp3) is 0.615. The number of carbonyl (C=O) groups is 4. The molecule has 0 aromatic heterocycles. The number of carboxylic acid groups (broad SMARTS) is 4. The van der Waals surface area contributed by atoms with E-state index in [1.807, 2.05) is 0 Å². The van der Waals surface area contributed by atoms with E-state index in [9.17, 15) is 4.79 Å². The Kier molecular flexibility index (Phi) is 25.4. The summed E-state index contributed by atoms with van der Waals surface area (Å²) in [4.78, 5) is 38.9. The van der Waals surface area contributed by atoms with Gasteiger partial charge in [-0.05, 0) is 5.53 Å². The molecule has 1 saturated carbocycles. The van der Waals surface area contributed by atoms with Crippen molar-refractivity contribution in [1.29, 1.82) is 0 Å². The first-order valence-corrected chi connectivity index (χ1v) is 6.88. The summed E-state index contributed by atoms with van der Waals surface area (Å²) in [6.45, 7) is 4.50. The molecule has 0 radical (unpaired) electrons. The van der Waals surface area contributed by atoms with Crippen LogP contribution in [-0.4, -0.2) is 56.9 Å². The maximum atomic E-state index is 9.49. The normalized spacial score (nSPS) is 16.7. The molecule has 0 amide bonds. The van der Waals surface area contributed by atoms with Crippen molar-refractivity contribution in [3.05, 3.63) is 23.1 Å². The standard InChI is InChI=1S/C7H13N.C2H3N3O2.C2H2O4.C2H4O2.Pt/c1-6-4-2-3-5-7(6)8;3-5-4-1-2(6)7;3-1(4)2(5)6;1-2(3)4;/h6-8H,1-5H2;1H2,(H,6,7);(H,3,4)(H,5,6);1H3,(H,3,4);/q-2;;;;+2. The van der Waals surface area contributed by atoms with E-state index in [2.05, 4.69) is 16.9 Å². The topological polar surface area (TPSA) is 222 Å². The van der Waals surface area contributed by atoms with Gasteiger partial charge in [-0.2, -0.15) is 12.0 Å². The Morgan fingerprint density at radius 2 is 1.50 bits per heavy atom. The van der Waals surface area contributed by atoms with Crippen LogP contribution in [0.4, 0.5) is 0 Å². The molecule has 0 spiro atoms. The van der Waals surface area contributed by atoms with Gasteiger partial charge in [-0.3, -0.25) is 9.59 Å². The van der Waals surface area contributed by atoms with Gasteiger partial charge in [0.05, 0.1) is 0 Å². The number of azide groups is 1. The Morgan fingerprint density at radius 1 is 1.12 bits per heavy atom. The first-order valence-electron chi connectivity index (χ1n) is 6.88. The molecule has 0 aliphatic heterocycles. The molecular formula is C13H22N4O8Pt. The van der Waals surface area contributed by atoms with Gasteiger partial charge >= 0.3 is 39.0 Å². The minimum Gasteiger partial charge on any atom is -0.677 e. The molecule has 12 nitrogen and oxygen atoms in total. The SMILES string of the molecule is CC(=O)O.O=C(O)C(=O)O.[CH2-]C1CCCCC1[NH-].[N-]=[N+]=NCC(=O)O.[Pt+2]. The quantitative estimate of drug-likeness (QED) is 0.129. The van der Waals surface area contributed by atoms with E-state index in [0.717, 1.165) is 13.3 Å². The molecule has 0 bridgehead atoms. The fourth-order valence-electron chi connectivity index (χ4n) is 1.30. The van der Waals surface area contributed by atoms with Gasteiger partial charge in [-0.15, -0.1) is 0 Å². The fourth-order valence-corrected chi connectivity index (χ4v) is 1.30. The summed E-state index contributed by atoms with van der Waals surface area (Å²) in [5.41, 5.74) is 14.9. The summed E-state index contributed by atoms with van der Waals surface area (Å²) in [5, 5.41) is 32.7. The smallest absolute Gasteiger partial charge is 0.677 e. The van der Waals surface area contributed by atoms with E-state index in [1.165, 1.54) is 19.3 Å². The molecule has 1 aliphatic rings. The number of rotatable bonds is 2. The number of hydrogen-bond donors (Lipinski definition) is 4. The number of nitrogens with zero attached hydrogens (tertiary/aromatic N) is 3. The van der Waals surface area contributed by atoms with E-state index in [0.29, 0.717) is 5.92 Å². The van der Waals surface area contributed by atoms with Gasteiger partial charge in [0.1, 0.15) is 6.54 Å². The number of nitrogens with one attached hydrogen (secondary N) is 1. The largest absolute Gasteiger partial charge is 2.00 e. The van der Waals surface area contributed by atoms with E-state index in [-0.39, 0.29) is 27.1 Å². The Bertz CT molecular complexity index is 457. The summed E-state index contributed by atoms with van der Waals surface area (Å²) < 4.78 is 0. The Morgan fingerprint density at radius 3 is 1.65 bits per heavy atom. The number of aliphatic carboxylic acids is 4. The van der Waals surface area contributed by atoms with Crippen molar-refractivity contribution in [3.8, 4) is 0 Å². The van der Waals surface area contributed by atoms with Crippen LogP contribution in [-0.2, 0) is 40.2 Å². The minimum atomic E-state index is -1.82. The maximum absolute atomic E-state index is 9.49. The molecule has 152 valence electrons. The molecule has 2 unspecified atom stereocenters. The summed E-state index contributed by atoms with van der Waals surface area (Å²) >= 11 is 0. The van der Waals surface area contributed by atoms with Crippen molar-refractivity contribution in [2.24, 2.45) is 11.0 Å². The zero-order valence-electron chi connectivity index (χ0n) is 14.0. The molecule has 26 heavy (non-hydrogen) atoms. The summed E-state index contributed by atoms with van der Waals surface area (Å²) in [6, 6.07) is 0.142. The summed E-state index contributed by atoms with van der Waals surface area (Å²) in [6.07, 6.45) is 4.80. The van der Waals surface area contributed by atoms with Crippen molar-refractivity contribution in [2.75, 3.05) is 6.54 Å². The third-order valence-electron chi connectivity index (χ3n) is 2.36. The van der Waals surface area contributed by atoms with E-state index in [4.69, 9.17) is 46.1 Å². The van der Waals surface area contributed by atoms with Crippen molar-refractivity contribution >= 4 is 23.9 Å². The van der Waals surface area contributed by atoms with Gasteiger partial charge in [0.2, 0.25) is 0 Å². The van der Waals surface area contributed by atoms with Crippen LogP contribution in [0, 0.1) is 12.8 Å². The predicted molar refractivity (Wildman–Crippen MR) is 85.7 cm³/mol. The summed E-state index contributed by atoms with van der Waals surface area (Å²) in [7, 11) is 0. The summed E-state index contributed by atoms with van der Waals surface area (Å²) in [5.74, 6) is -5.17. The molecule has 0 saturated heterocycles. The van der Waals surface area contributed by atoms with Gasteiger partial charge in [0.15, 0.2) is 0 Å². The zero-order chi connectivity index (χ0) is 20.4. The average Bonchev–Trinajstić information content (AvgIpc) is 2.49. The van der Waals surface area contributed by atoms with Crippen molar-refractivity contribution in [1.82, 2.24) is 0 Å². The third-order valence-corrected chi connectivity index (χ3v) is 2.36. The van der Waals surface area contributed by atoms with Crippen LogP contribution < -0.4 is 0 Å². The molecule has 1 fully saturated rings. The van der Waals surface area contributed by atoms with Crippen molar-refractivity contribution < 1.29 is 60.7 Å². The second-order valence-corrected chi connectivity index (χ2v) is 4.56. The van der Waals surface area contributed by atoms with Gasteiger partial charge in [0, 0.05) is 11.8 Å². The first kappa shape index (κ1) is 31.6. The van der Waals surface area contributed by atoms with Crippen LogP contribution >= 0.6 is 0 Å². The van der Waals surface area contributed by atoms with E-state index >= 15 is 0 Å². The van der Waals surface area contributed by atoms with Gasteiger partial charge in [0.25, 0.3) is 5.97 Å². The van der Waals surface area contributed by atoms with Crippen LogP contribution in [0.25, 0.3) is 16.2 Å². The van der Waals surface area contributed by atoms with Crippen molar-refractivity contribution in [2.45, 2.75) is 38.6 Å². The molecule has 0 heterocycles. The minimum absolute atomic E-state index is 0. The molecule has 5 N–H and O–H groups in total.